The zero-order valence-electron chi connectivity index (χ0n) is 11.8. The maximum absolute atomic E-state index is 12.4. The lowest BCUT2D eigenvalue weighted by atomic mass is 10.1. The molecule has 21 heavy (non-hydrogen) atoms. The predicted molar refractivity (Wildman–Crippen MR) is 82.5 cm³/mol. The number of nitrogens with zero attached hydrogens (tertiary/aromatic N) is 1. The second-order valence-electron chi connectivity index (χ2n) is 4.51. The van der Waals surface area contributed by atoms with Gasteiger partial charge in [0.15, 0.2) is 0 Å². The Hall–Kier alpha value is -1.79. The molecule has 0 unspecified atom stereocenters. The summed E-state index contributed by atoms with van der Waals surface area (Å²) in [6, 6.07) is 6.18. The van der Waals surface area contributed by atoms with E-state index in [-0.39, 0.29) is 10.0 Å². The third kappa shape index (κ3) is 3.28. The minimum Gasteiger partial charge on any atom is -0.496 e. The van der Waals surface area contributed by atoms with Crippen LogP contribution in [0.4, 0.5) is 5.69 Å². The molecule has 0 bridgehead atoms. The number of sulfonamides is 1. The van der Waals surface area contributed by atoms with Gasteiger partial charge in [-0.25, -0.2) is 13.4 Å². The average Bonchev–Trinajstić information content (AvgIpc) is 2.43. The fourth-order valence-corrected chi connectivity index (χ4v) is 3.38. The predicted octanol–water partition coefficient (Wildman–Crippen LogP) is 3.16. The Morgan fingerprint density at radius 2 is 1.95 bits per heavy atom. The average molecular weight is 327 g/mol. The number of halogens is 1. The summed E-state index contributed by atoms with van der Waals surface area (Å²) in [6.45, 7) is 3.69. The van der Waals surface area contributed by atoms with Crippen molar-refractivity contribution in [2.24, 2.45) is 0 Å². The minimum atomic E-state index is -3.73. The summed E-state index contributed by atoms with van der Waals surface area (Å²) in [6.07, 6.45) is 1.35. The van der Waals surface area contributed by atoms with E-state index in [4.69, 9.17) is 16.3 Å². The lowest BCUT2D eigenvalue weighted by molar-refractivity contribution is 0.409. The van der Waals surface area contributed by atoms with Crippen LogP contribution in [0.1, 0.15) is 11.1 Å². The maximum Gasteiger partial charge on any atom is 0.262 e. The minimum absolute atomic E-state index is 0.0569. The van der Waals surface area contributed by atoms with Crippen molar-refractivity contribution in [2.45, 2.75) is 18.7 Å². The van der Waals surface area contributed by atoms with Crippen molar-refractivity contribution in [3.63, 3.8) is 0 Å². The molecule has 112 valence electrons. The Morgan fingerprint density at radius 3 is 2.57 bits per heavy atom. The van der Waals surface area contributed by atoms with E-state index in [2.05, 4.69) is 9.71 Å². The molecule has 0 saturated heterocycles. The second kappa shape index (κ2) is 5.91. The summed E-state index contributed by atoms with van der Waals surface area (Å²) in [5.74, 6) is 0.656. The van der Waals surface area contributed by atoms with E-state index in [1.807, 2.05) is 6.92 Å². The summed E-state index contributed by atoms with van der Waals surface area (Å²) in [5.41, 5.74) is 2.12. The van der Waals surface area contributed by atoms with Crippen LogP contribution in [0.3, 0.4) is 0 Å². The van der Waals surface area contributed by atoms with Gasteiger partial charge in [-0.3, -0.25) is 4.72 Å². The molecule has 0 aliphatic carbocycles. The van der Waals surface area contributed by atoms with Crippen LogP contribution < -0.4 is 9.46 Å². The fraction of sp³-hybridized carbons (Fsp3) is 0.214. The first kappa shape index (κ1) is 15.6. The number of benzene rings is 1. The van der Waals surface area contributed by atoms with Gasteiger partial charge in [0.1, 0.15) is 10.9 Å². The van der Waals surface area contributed by atoms with Crippen LogP contribution >= 0.6 is 11.6 Å². The molecule has 0 fully saturated rings. The summed E-state index contributed by atoms with van der Waals surface area (Å²) >= 11 is 5.73. The SMILES string of the molecule is COc1c(C)ccc(NS(=O)(=O)c2ccnc(Cl)c2)c1C. The maximum atomic E-state index is 12.4. The molecule has 1 N–H and O–H groups in total. The molecule has 0 atom stereocenters. The number of methoxy groups -OCH3 is 1. The van der Waals surface area contributed by atoms with Crippen LogP contribution in [0.15, 0.2) is 35.4 Å². The van der Waals surface area contributed by atoms with Crippen LogP contribution in [-0.2, 0) is 10.0 Å². The van der Waals surface area contributed by atoms with E-state index in [9.17, 15) is 8.42 Å². The van der Waals surface area contributed by atoms with Crippen LogP contribution in [0.2, 0.25) is 5.15 Å². The lowest BCUT2D eigenvalue weighted by Crippen LogP contribution is -2.14. The molecule has 7 heteroatoms. The number of aryl methyl sites for hydroxylation is 1. The third-order valence-corrected chi connectivity index (χ3v) is 4.63. The highest BCUT2D eigenvalue weighted by Gasteiger charge is 2.17. The normalized spacial score (nSPS) is 11.2. The number of pyridine rings is 1. The van der Waals surface area contributed by atoms with Gasteiger partial charge in [0, 0.05) is 11.8 Å². The molecule has 0 saturated carbocycles. The molecule has 0 amide bonds. The zero-order valence-corrected chi connectivity index (χ0v) is 13.4. The van der Waals surface area contributed by atoms with E-state index >= 15 is 0 Å². The van der Waals surface area contributed by atoms with Crippen molar-refractivity contribution in [1.82, 2.24) is 4.98 Å². The van der Waals surface area contributed by atoms with E-state index in [1.54, 1.807) is 26.2 Å². The molecule has 0 aliphatic heterocycles. The topological polar surface area (TPSA) is 68.3 Å². The Morgan fingerprint density at radius 1 is 1.24 bits per heavy atom. The van der Waals surface area contributed by atoms with Crippen molar-refractivity contribution in [2.75, 3.05) is 11.8 Å². The Kier molecular flexibility index (Phi) is 4.39. The van der Waals surface area contributed by atoms with E-state index < -0.39 is 10.0 Å². The number of anilines is 1. The Balaban J connectivity index is 2.42. The van der Waals surface area contributed by atoms with E-state index in [1.165, 1.54) is 18.3 Å². The van der Waals surface area contributed by atoms with Crippen LogP contribution in [0, 0.1) is 13.8 Å². The number of nitrogens with one attached hydrogen (secondary N) is 1. The summed E-state index contributed by atoms with van der Waals surface area (Å²) in [4.78, 5) is 3.83. The van der Waals surface area contributed by atoms with Crippen LogP contribution in [0.5, 0.6) is 5.75 Å². The van der Waals surface area contributed by atoms with Crippen molar-refractivity contribution >= 4 is 27.3 Å². The number of aromatic nitrogens is 1. The monoisotopic (exact) mass is 326 g/mol. The molecule has 0 spiro atoms. The first-order valence-corrected chi connectivity index (χ1v) is 8.00. The molecule has 1 heterocycles. The highest BCUT2D eigenvalue weighted by Crippen LogP contribution is 2.30. The molecule has 1 aromatic heterocycles. The van der Waals surface area contributed by atoms with Gasteiger partial charge in [0.05, 0.1) is 17.7 Å². The Bertz CT molecular complexity index is 776. The Labute approximate surface area is 129 Å². The molecule has 0 aliphatic rings. The van der Waals surface area contributed by atoms with Gasteiger partial charge >= 0.3 is 0 Å². The highest BCUT2D eigenvalue weighted by molar-refractivity contribution is 7.92. The fourth-order valence-electron chi connectivity index (χ4n) is 2.01. The molecule has 5 nitrogen and oxygen atoms in total. The standard InChI is InChI=1S/C14H15ClN2O3S/c1-9-4-5-12(10(2)14(9)20-3)17-21(18,19)11-6-7-16-13(15)8-11/h4-8,17H,1-3H3. The molecular weight excluding hydrogens is 312 g/mol. The van der Waals surface area contributed by atoms with Gasteiger partial charge in [-0.15, -0.1) is 0 Å². The number of hydrogen-bond acceptors (Lipinski definition) is 4. The molecule has 2 rings (SSSR count). The van der Waals surface area contributed by atoms with Gasteiger partial charge in [-0.1, -0.05) is 17.7 Å². The summed E-state index contributed by atoms with van der Waals surface area (Å²) < 4.78 is 32.5. The van der Waals surface area contributed by atoms with Gasteiger partial charge in [0.2, 0.25) is 0 Å². The van der Waals surface area contributed by atoms with Gasteiger partial charge in [-0.2, -0.15) is 0 Å². The first-order chi connectivity index (χ1) is 9.85. The van der Waals surface area contributed by atoms with Crippen molar-refractivity contribution in [1.29, 1.82) is 0 Å². The van der Waals surface area contributed by atoms with Gasteiger partial charge in [0.25, 0.3) is 10.0 Å². The third-order valence-electron chi connectivity index (χ3n) is 3.06. The molecular formula is C14H15ClN2O3S. The smallest absolute Gasteiger partial charge is 0.262 e. The highest BCUT2D eigenvalue weighted by atomic mass is 35.5. The lowest BCUT2D eigenvalue weighted by Gasteiger charge is -2.15. The van der Waals surface area contributed by atoms with Crippen LogP contribution in [0.25, 0.3) is 0 Å². The zero-order chi connectivity index (χ0) is 15.6. The number of hydrogen-bond donors (Lipinski definition) is 1. The van der Waals surface area contributed by atoms with Crippen molar-refractivity contribution in [3.05, 3.63) is 46.7 Å². The number of rotatable bonds is 4. The second-order valence-corrected chi connectivity index (χ2v) is 6.58. The van der Waals surface area contributed by atoms with E-state index in [0.29, 0.717) is 11.4 Å². The summed E-state index contributed by atoms with van der Waals surface area (Å²) in [7, 11) is -2.17. The number of ether oxygens (including phenoxy) is 1. The molecule has 2 aromatic rings. The van der Waals surface area contributed by atoms with Crippen LogP contribution in [-0.4, -0.2) is 20.5 Å². The first-order valence-electron chi connectivity index (χ1n) is 6.13. The molecule has 1 aromatic carbocycles. The largest absolute Gasteiger partial charge is 0.496 e. The van der Waals surface area contributed by atoms with Gasteiger partial charge in [-0.05, 0) is 37.6 Å². The summed E-state index contributed by atoms with van der Waals surface area (Å²) in [5, 5.41) is 0.121. The molecule has 0 radical (unpaired) electrons. The van der Waals surface area contributed by atoms with Gasteiger partial charge < -0.3 is 4.74 Å². The van der Waals surface area contributed by atoms with Crippen molar-refractivity contribution < 1.29 is 13.2 Å². The van der Waals surface area contributed by atoms with E-state index in [0.717, 1.165) is 11.1 Å². The van der Waals surface area contributed by atoms with Crippen molar-refractivity contribution in [3.8, 4) is 5.75 Å². The quantitative estimate of drug-likeness (QED) is 0.876.